The number of pyridine rings is 1. The van der Waals surface area contributed by atoms with Crippen molar-refractivity contribution in [1.29, 1.82) is 0 Å². The third kappa shape index (κ3) is 6.66. The molecule has 0 bridgehead atoms. The van der Waals surface area contributed by atoms with Crippen LogP contribution in [0.15, 0.2) is 60.8 Å². The number of fused-ring (bicyclic) bond motifs is 3. The highest BCUT2D eigenvalue weighted by atomic mass is 19.1. The van der Waals surface area contributed by atoms with Crippen LogP contribution < -0.4 is 24.8 Å². The van der Waals surface area contributed by atoms with Crippen LogP contribution in [-0.2, 0) is 11.2 Å². The summed E-state index contributed by atoms with van der Waals surface area (Å²) in [6, 6.07) is 13.7. The minimum absolute atomic E-state index is 0.0744. The standard InChI is InChI=1S/C35H38F2N4O4/c1-22(35(14-15-35)34(42)40-24-9-7-23(36)8-10-24)39-25-11-12-29(27(37)20-25)45-30-13-16-38-28-21-31(43-19-5-17-41(2)3)33-26(32(28)30)6-4-18-44-33/h7-13,16,20-22,39H,4-6,14-15,17-19H2,1-3H3,(H,40,42). The Morgan fingerprint density at radius 1 is 1.04 bits per heavy atom. The SMILES string of the molecule is CC(Nc1ccc(Oc2ccnc3cc(OCCCN(C)C)c4c(c23)CCCO4)c(F)c1)C1(C(=O)Nc2ccc(F)cc2)CC1. The van der Waals surface area contributed by atoms with Gasteiger partial charge in [-0.15, -0.1) is 0 Å². The molecule has 0 saturated heterocycles. The molecule has 0 radical (unpaired) electrons. The predicted octanol–water partition coefficient (Wildman–Crippen LogP) is 7.18. The minimum atomic E-state index is -0.633. The number of halogens is 2. The van der Waals surface area contributed by atoms with E-state index in [9.17, 15) is 9.18 Å². The van der Waals surface area contributed by atoms with E-state index >= 15 is 4.39 Å². The number of aryl methyl sites for hydroxylation is 1. The molecule has 1 saturated carbocycles. The van der Waals surface area contributed by atoms with Gasteiger partial charge in [-0.05, 0) is 95.6 Å². The second-order valence-electron chi connectivity index (χ2n) is 12.1. The van der Waals surface area contributed by atoms with Gasteiger partial charge in [0.2, 0.25) is 5.91 Å². The molecule has 1 aliphatic carbocycles. The number of amides is 1. The maximum atomic E-state index is 15.5. The van der Waals surface area contributed by atoms with E-state index in [1.54, 1.807) is 24.4 Å². The van der Waals surface area contributed by atoms with Gasteiger partial charge >= 0.3 is 0 Å². The van der Waals surface area contributed by atoms with Crippen molar-refractivity contribution in [1.82, 2.24) is 9.88 Å². The zero-order valence-electron chi connectivity index (χ0n) is 25.8. The highest BCUT2D eigenvalue weighted by Crippen LogP contribution is 2.50. The first-order valence-corrected chi connectivity index (χ1v) is 15.4. The molecule has 1 aliphatic heterocycles. The Morgan fingerprint density at radius 2 is 1.82 bits per heavy atom. The molecule has 10 heteroatoms. The molecule has 8 nitrogen and oxygen atoms in total. The Kier molecular flexibility index (Phi) is 8.76. The number of nitrogens with one attached hydrogen (secondary N) is 2. The zero-order chi connectivity index (χ0) is 31.6. The molecular weight excluding hydrogens is 578 g/mol. The minimum Gasteiger partial charge on any atom is -0.490 e. The van der Waals surface area contributed by atoms with Crippen LogP contribution in [-0.4, -0.2) is 55.7 Å². The molecule has 3 aromatic carbocycles. The lowest BCUT2D eigenvalue weighted by atomic mass is 9.96. The maximum absolute atomic E-state index is 15.5. The Hall–Kier alpha value is -4.44. The van der Waals surface area contributed by atoms with Crippen molar-refractivity contribution >= 4 is 28.2 Å². The van der Waals surface area contributed by atoms with E-state index in [4.69, 9.17) is 14.2 Å². The molecule has 4 aromatic rings. The first-order chi connectivity index (χ1) is 21.7. The average molecular weight is 617 g/mol. The molecule has 0 spiro atoms. The van der Waals surface area contributed by atoms with Crippen LogP contribution in [0.25, 0.3) is 10.9 Å². The molecule has 2 heterocycles. The normalized spacial score (nSPS) is 15.6. The number of hydrogen-bond acceptors (Lipinski definition) is 7. The molecule has 2 N–H and O–H groups in total. The zero-order valence-corrected chi connectivity index (χ0v) is 25.8. The van der Waals surface area contributed by atoms with Gasteiger partial charge in [-0.1, -0.05) is 0 Å². The van der Waals surface area contributed by atoms with E-state index in [1.807, 2.05) is 27.1 Å². The van der Waals surface area contributed by atoms with Crippen LogP contribution in [0.5, 0.6) is 23.0 Å². The molecule has 236 valence electrons. The summed E-state index contributed by atoms with van der Waals surface area (Å²) in [5.74, 6) is 0.875. The molecule has 45 heavy (non-hydrogen) atoms. The van der Waals surface area contributed by atoms with Crippen LogP contribution in [0.3, 0.4) is 0 Å². The van der Waals surface area contributed by atoms with Crippen LogP contribution in [0.4, 0.5) is 20.2 Å². The van der Waals surface area contributed by atoms with Crippen LogP contribution in [0.2, 0.25) is 0 Å². The Labute approximate surface area is 261 Å². The van der Waals surface area contributed by atoms with Gasteiger partial charge in [0.05, 0.1) is 29.5 Å². The van der Waals surface area contributed by atoms with Gasteiger partial charge in [0.25, 0.3) is 0 Å². The fraction of sp³-hybridized carbons (Fsp3) is 0.371. The quantitative estimate of drug-likeness (QED) is 0.163. The van der Waals surface area contributed by atoms with Gasteiger partial charge in [-0.3, -0.25) is 9.78 Å². The molecule has 6 rings (SSSR count). The molecule has 1 aromatic heterocycles. The number of rotatable bonds is 12. The van der Waals surface area contributed by atoms with E-state index in [1.165, 1.54) is 30.3 Å². The molecule has 1 fully saturated rings. The van der Waals surface area contributed by atoms with Gasteiger partial charge in [-0.2, -0.15) is 0 Å². The van der Waals surface area contributed by atoms with Crippen LogP contribution in [0, 0.1) is 17.0 Å². The largest absolute Gasteiger partial charge is 0.490 e. The van der Waals surface area contributed by atoms with Crippen LogP contribution in [0.1, 0.15) is 38.2 Å². The molecule has 1 atom stereocenters. The van der Waals surface area contributed by atoms with E-state index in [-0.39, 0.29) is 23.5 Å². The van der Waals surface area contributed by atoms with Gasteiger partial charge < -0.3 is 29.7 Å². The molecule has 2 aliphatic rings. The number of hydrogen-bond donors (Lipinski definition) is 2. The summed E-state index contributed by atoms with van der Waals surface area (Å²) in [7, 11) is 4.06. The highest BCUT2D eigenvalue weighted by molar-refractivity contribution is 5.98. The second kappa shape index (κ2) is 12.9. The van der Waals surface area contributed by atoms with Crippen molar-refractivity contribution in [3.05, 3.63) is 78.0 Å². The number of ether oxygens (including phenoxy) is 3. The van der Waals surface area contributed by atoms with Crippen molar-refractivity contribution in [3.8, 4) is 23.0 Å². The Balaban J connectivity index is 1.18. The topological polar surface area (TPSA) is 84.9 Å². The number of nitrogens with zero attached hydrogens (tertiary/aromatic N) is 2. The van der Waals surface area contributed by atoms with Gasteiger partial charge in [-0.25, -0.2) is 8.78 Å². The van der Waals surface area contributed by atoms with E-state index in [0.717, 1.165) is 36.8 Å². The van der Waals surface area contributed by atoms with Crippen molar-refractivity contribution in [3.63, 3.8) is 0 Å². The second-order valence-corrected chi connectivity index (χ2v) is 12.1. The lowest BCUT2D eigenvalue weighted by Gasteiger charge is -2.25. The summed E-state index contributed by atoms with van der Waals surface area (Å²) in [4.78, 5) is 19.8. The van der Waals surface area contributed by atoms with Gasteiger partial charge in [0.1, 0.15) is 11.6 Å². The first kappa shape index (κ1) is 30.6. The molecular formula is C35H38F2N4O4. The predicted molar refractivity (Wildman–Crippen MR) is 170 cm³/mol. The number of carbonyl (C=O) groups is 1. The van der Waals surface area contributed by atoms with Crippen molar-refractivity contribution in [2.45, 2.75) is 45.1 Å². The summed E-state index contributed by atoms with van der Waals surface area (Å²) >= 11 is 0. The number of aromatic nitrogens is 1. The summed E-state index contributed by atoms with van der Waals surface area (Å²) in [5, 5.41) is 6.96. The van der Waals surface area contributed by atoms with E-state index < -0.39 is 11.2 Å². The third-order valence-electron chi connectivity index (χ3n) is 8.54. The molecule has 1 amide bonds. The smallest absolute Gasteiger partial charge is 0.232 e. The van der Waals surface area contributed by atoms with Crippen molar-refractivity contribution < 1.29 is 27.8 Å². The van der Waals surface area contributed by atoms with E-state index in [0.29, 0.717) is 60.2 Å². The monoisotopic (exact) mass is 616 g/mol. The lowest BCUT2D eigenvalue weighted by Crippen LogP contribution is -2.37. The van der Waals surface area contributed by atoms with Gasteiger partial charge in [0.15, 0.2) is 23.1 Å². The Bertz CT molecular complexity index is 1690. The average Bonchev–Trinajstić information content (AvgIpc) is 3.84. The summed E-state index contributed by atoms with van der Waals surface area (Å²) in [6.07, 6.45) is 5.53. The fourth-order valence-electron chi connectivity index (χ4n) is 5.86. The van der Waals surface area contributed by atoms with Crippen molar-refractivity contribution in [2.24, 2.45) is 5.41 Å². The first-order valence-electron chi connectivity index (χ1n) is 15.4. The number of carbonyl (C=O) groups excluding carboxylic acids is 1. The highest BCUT2D eigenvalue weighted by Gasteiger charge is 2.54. The fourth-order valence-corrected chi connectivity index (χ4v) is 5.86. The van der Waals surface area contributed by atoms with Gasteiger partial charge in [0, 0.05) is 47.9 Å². The summed E-state index contributed by atoms with van der Waals surface area (Å²) in [5.41, 5.74) is 2.08. The Morgan fingerprint density at radius 3 is 2.56 bits per heavy atom. The number of anilines is 2. The maximum Gasteiger partial charge on any atom is 0.232 e. The summed E-state index contributed by atoms with van der Waals surface area (Å²) in [6.45, 7) is 3.98. The van der Waals surface area contributed by atoms with Crippen molar-refractivity contribution in [2.75, 3.05) is 44.5 Å². The van der Waals surface area contributed by atoms with Crippen LogP contribution >= 0.6 is 0 Å². The van der Waals surface area contributed by atoms with E-state index in [2.05, 4.69) is 20.5 Å². The lowest BCUT2D eigenvalue weighted by molar-refractivity contribution is -0.121. The number of benzene rings is 3. The molecule has 1 unspecified atom stereocenters. The third-order valence-corrected chi connectivity index (χ3v) is 8.54. The summed E-state index contributed by atoms with van der Waals surface area (Å²) < 4.78 is 47.1.